The Hall–Kier alpha value is -2.73. The third kappa shape index (κ3) is 5.37. The van der Waals surface area contributed by atoms with Gasteiger partial charge in [-0.3, -0.25) is 9.59 Å². The summed E-state index contributed by atoms with van der Waals surface area (Å²) in [5, 5.41) is 5.99. The molecule has 27 heavy (non-hydrogen) atoms. The first kappa shape index (κ1) is 19.0. The van der Waals surface area contributed by atoms with Gasteiger partial charge in [-0.05, 0) is 42.7 Å². The Balaban J connectivity index is 1.62. The van der Waals surface area contributed by atoms with Gasteiger partial charge in [-0.1, -0.05) is 30.3 Å². The molecule has 2 aromatic carbocycles. The molecule has 2 amide bonds. The summed E-state index contributed by atoms with van der Waals surface area (Å²) in [6.45, 7) is 2.06. The Kier molecular flexibility index (Phi) is 6.54. The molecule has 0 saturated carbocycles. The van der Waals surface area contributed by atoms with Gasteiger partial charge < -0.3 is 15.5 Å². The van der Waals surface area contributed by atoms with Crippen LogP contribution in [0.3, 0.4) is 0 Å². The molecule has 1 aliphatic heterocycles. The molecular formula is C21H24FN3O2. The van der Waals surface area contributed by atoms with Crippen molar-refractivity contribution in [3.05, 3.63) is 66.0 Å². The van der Waals surface area contributed by atoms with Gasteiger partial charge in [0.25, 0.3) is 0 Å². The molecular weight excluding hydrogens is 345 g/mol. The highest BCUT2D eigenvalue weighted by Crippen LogP contribution is 2.17. The van der Waals surface area contributed by atoms with E-state index in [-0.39, 0.29) is 17.6 Å². The maximum Gasteiger partial charge on any atom is 0.246 e. The molecule has 0 unspecified atom stereocenters. The zero-order chi connectivity index (χ0) is 19.1. The van der Waals surface area contributed by atoms with E-state index in [9.17, 15) is 14.0 Å². The lowest BCUT2D eigenvalue weighted by molar-refractivity contribution is -0.130. The van der Waals surface area contributed by atoms with Crippen LogP contribution in [0.4, 0.5) is 10.1 Å². The predicted octanol–water partition coefficient (Wildman–Crippen LogP) is 3.11. The minimum atomic E-state index is -0.595. The summed E-state index contributed by atoms with van der Waals surface area (Å²) in [5.74, 6) is -0.488. The average molecular weight is 369 g/mol. The van der Waals surface area contributed by atoms with Crippen molar-refractivity contribution >= 4 is 17.5 Å². The molecule has 6 heteroatoms. The number of likely N-dealkylation sites (tertiary alicyclic amines) is 1. The van der Waals surface area contributed by atoms with Gasteiger partial charge in [0.05, 0.1) is 0 Å². The summed E-state index contributed by atoms with van der Waals surface area (Å²) in [7, 11) is 0. The molecule has 2 N–H and O–H groups in total. The number of amides is 2. The van der Waals surface area contributed by atoms with E-state index in [1.165, 1.54) is 24.3 Å². The third-order valence-electron chi connectivity index (χ3n) is 4.65. The number of benzene rings is 2. The molecule has 0 aromatic heterocycles. The second kappa shape index (κ2) is 9.28. The second-order valence-corrected chi connectivity index (χ2v) is 6.63. The predicted molar refractivity (Wildman–Crippen MR) is 103 cm³/mol. The van der Waals surface area contributed by atoms with Crippen LogP contribution in [0.5, 0.6) is 0 Å². The lowest BCUT2D eigenvalue weighted by Crippen LogP contribution is -2.36. The van der Waals surface area contributed by atoms with E-state index >= 15 is 0 Å². The molecule has 0 radical (unpaired) electrons. The van der Waals surface area contributed by atoms with E-state index in [1.54, 1.807) is 0 Å². The molecule has 1 atom stereocenters. The fourth-order valence-electron chi connectivity index (χ4n) is 3.20. The summed E-state index contributed by atoms with van der Waals surface area (Å²) in [5.41, 5.74) is 1.34. The zero-order valence-corrected chi connectivity index (χ0v) is 15.2. The van der Waals surface area contributed by atoms with E-state index in [4.69, 9.17) is 0 Å². The normalized spacial score (nSPS) is 14.8. The van der Waals surface area contributed by atoms with Gasteiger partial charge >= 0.3 is 0 Å². The summed E-state index contributed by atoms with van der Waals surface area (Å²) < 4.78 is 13.1. The van der Waals surface area contributed by atoms with Gasteiger partial charge in [0, 0.05) is 31.7 Å². The summed E-state index contributed by atoms with van der Waals surface area (Å²) >= 11 is 0. The Morgan fingerprint density at radius 3 is 2.33 bits per heavy atom. The molecule has 0 spiro atoms. The average Bonchev–Trinajstić information content (AvgIpc) is 3.22. The lowest BCUT2D eigenvalue weighted by Gasteiger charge is -2.20. The number of anilines is 1. The van der Waals surface area contributed by atoms with Gasteiger partial charge in [0.1, 0.15) is 11.9 Å². The first-order chi connectivity index (χ1) is 13.1. The van der Waals surface area contributed by atoms with Crippen LogP contribution in [0.1, 0.15) is 30.9 Å². The molecule has 142 valence electrons. The largest absolute Gasteiger partial charge is 0.343 e. The van der Waals surface area contributed by atoms with E-state index in [2.05, 4.69) is 10.6 Å². The van der Waals surface area contributed by atoms with Crippen molar-refractivity contribution < 1.29 is 14.0 Å². The van der Waals surface area contributed by atoms with Gasteiger partial charge in [0.15, 0.2) is 0 Å². The Morgan fingerprint density at radius 2 is 1.67 bits per heavy atom. The van der Waals surface area contributed by atoms with Crippen molar-refractivity contribution in [1.29, 1.82) is 0 Å². The fraction of sp³-hybridized carbons (Fsp3) is 0.333. The van der Waals surface area contributed by atoms with Crippen LogP contribution in [-0.4, -0.2) is 36.3 Å². The van der Waals surface area contributed by atoms with Crippen molar-refractivity contribution in [2.24, 2.45) is 0 Å². The van der Waals surface area contributed by atoms with Crippen molar-refractivity contribution in [2.45, 2.75) is 25.3 Å². The number of nitrogens with zero attached hydrogens (tertiary/aromatic N) is 1. The molecule has 0 bridgehead atoms. The molecule has 1 aliphatic rings. The smallest absolute Gasteiger partial charge is 0.246 e. The van der Waals surface area contributed by atoms with Crippen molar-refractivity contribution in [1.82, 2.24) is 10.2 Å². The van der Waals surface area contributed by atoms with Crippen molar-refractivity contribution in [3.8, 4) is 0 Å². The van der Waals surface area contributed by atoms with E-state index in [0.717, 1.165) is 31.5 Å². The molecule has 1 heterocycles. The van der Waals surface area contributed by atoms with Crippen LogP contribution < -0.4 is 10.6 Å². The lowest BCUT2D eigenvalue weighted by atomic mass is 10.1. The van der Waals surface area contributed by atoms with Crippen molar-refractivity contribution in [2.75, 3.05) is 25.0 Å². The molecule has 3 rings (SSSR count). The number of rotatable bonds is 7. The number of carbonyl (C=O) groups is 2. The highest BCUT2D eigenvalue weighted by Gasteiger charge is 2.22. The molecule has 2 aromatic rings. The summed E-state index contributed by atoms with van der Waals surface area (Å²) in [6.07, 6.45) is 2.48. The number of hydrogen-bond acceptors (Lipinski definition) is 3. The molecule has 0 aliphatic carbocycles. The van der Waals surface area contributed by atoms with Crippen molar-refractivity contribution in [3.63, 3.8) is 0 Å². The minimum absolute atomic E-state index is 0.116. The third-order valence-corrected chi connectivity index (χ3v) is 4.65. The molecule has 5 nitrogen and oxygen atoms in total. The van der Waals surface area contributed by atoms with Crippen LogP contribution in [0.15, 0.2) is 54.6 Å². The summed E-state index contributed by atoms with van der Waals surface area (Å²) in [4.78, 5) is 26.8. The standard InChI is InChI=1S/C21H24FN3O2/c22-17-8-10-18(11-9-17)24-21(27)20(16-6-2-1-3-7-16)23-13-12-19(26)25-14-4-5-15-25/h1-3,6-11,20,23H,4-5,12-15H2,(H,24,27)/t20-/m0/s1. The van der Waals surface area contributed by atoms with Crippen LogP contribution >= 0.6 is 0 Å². The quantitative estimate of drug-likeness (QED) is 0.788. The molecule has 1 saturated heterocycles. The maximum absolute atomic E-state index is 13.1. The highest BCUT2D eigenvalue weighted by molar-refractivity contribution is 5.95. The maximum atomic E-state index is 13.1. The monoisotopic (exact) mass is 369 g/mol. The van der Waals surface area contributed by atoms with Gasteiger partial charge in [-0.25, -0.2) is 4.39 Å². The topological polar surface area (TPSA) is 61.4 Å². The van der Waals surface area contributed by atoms with Crippen LogP contribution in [-0.2, 0) is 9.59 Å². The van der Waals surface area contributed by atoms with E-state index in [1.807, 2.05) is 35.2 Å². The Morgan fingerprint density at radius 1 is 1.00 bits per heavy atom. The Labute approximate surface area is 158 Å². The van der Waals surface area contributed by atoms with Gasteiger partial charge in [-0.15, -0.1) is 0 Å². The van der Waals surface area contributed by atoms with E-state index < -0.39 is 6.04 Å². The minimum Gasteiger partial charge on any atom is -0.343 e. The van der Waals surface area contributed by atoms with Crippen LogP contribution in [0.25, 0.3) is 0 Å². The zero-order valence-electron chi connectivity index (χ0n) is 15.2. The first-order valence-corrected chi connectivity index (χ1v) is 9.26. The Bertz CT molecular complexity index is 759. The fourth-order valence-corrected chi connectivity index (χ4v) is 3.20. The number of halogens is 1. The first-order valence-electron chi connectivity index (χ1n) is 9.26. The van der Waals surface area contributed by atoms with Crippen LogP contribution in [0.2, 0.25) is 0 Å². The van der Waals surface area contributed by atoms with Crippen LogP contribution in [0, 0.1) is 5.82 Å². The van der Waals surface area contributed by atoms with Gasteiger partial charge in [0.2, 0.25) is 11.8 Å². The number of carbonyl (C=O) groups excluding carboxylic acids is 2. The number of nitrogens with one attached hydrogen (secondary N) is 2. The highest BCUT2D eigenvalue weighted by atomic mass is 19.1. The second-order valence-electron chi connectivity index (χ2n) is 6.63. The van der Waals surface area contributed by atoms with E-state index in [0.29, 0.717) is 18.7 Å². The SMILES string of the molecule is O=C(Nc1ccc(F)cc1)[C@@H](NCCC(=O)N1CCCC1)c1ccccc1. The number of hydrogen-bond donors (Lipinski definition) is 2. The summed E-state index contributed by atoms with van der Waals surface area (Å²) in [6, 6.07) is 14.4. The molecule has 1 fully saturated rings. The van der Waals surface area contributed by atoms with Gasteiger partial charge in [-0.2, -0.15) is 0 Å².